The Bertz CT molecular complexity index is 604. The van der Waals surface area contributed by atoms with E-state index in [1.54, 1.807) is 27.1 Å². The van der Waals surface area contributed by atoms with Crippen molar-refractivity contribution >= 4 is 15.9 Å². The number of hydrogen-bond donors (Lipinski definition) is 1. The van der Waals surface area contributed by atoms with E-state index >= 15 is 0 Å². The highest BCUT2D eigenvalue weighted by Gasteiger charge is 2.28. The van der Waals surface area contributed by atoms with Crippen molar-refractivity contribution in [3.05, 3.63) is 29.3 Å². The van der Waals surface area contributed by atoms with Gasteiger partial charge in [0.25, 0.3) is 5.91 Å². The lowest BCUT2D eigenvalue weighted by molar-refractivity contribution is 0.0826. The highest BCUT2D eigenvalue weighted by atomic mass is 32.2. The van der Waals surface area contributed by atoms with Crippen LogP contribution in [0.2, 0.25) is 0 Å². The Balaban J connectivity index is 2.37. The molecule has 0 radical (unpaired) electrons. The van der Waals surface area contributed by atoms with Crippen LogP contribution in [0.15, 0.2) is 23.1 Å². The van der Waals surface area contributed by atoms with E-state index in [0.717, 1.165) is 18.4 Å². The fourth-order valence-electron chi connectivity index (χ4n) is 1.73. The lowest BCUT2D eigenvalue weighted by atomic mass is 10.1. The third kappa shape index (κ3) is 3.13. The summed E-state index contributed by atoms with van der Waals surface area (Å²) < 4.78 is 26.8. The average molecular weight is 282 g/mol. The summed E-state index contributed by atoms with van der Waals surface area (Å²) in [5.74, 6) is -0.194. The first-order chi connectivity index (χ1) is 8.81. The molecule has 19 heavy (non-hydrogen) atoms. The Morgan fingerprint density at radius 1 is 1.32 bits per heavy atom. The van der Waals surface area contributed by atoms with E-state index in [0.29, 0.717) is 5.56 Å². The van der Waals surface area contributed by atoms with Gasteiger partial charge in [0.2, 0.25) is 10.0 Å². The lowest BCUT2D eigenvalue weighted by Crippen LogP contribution is -2.27. The first kappa shape index (κ1) is 14.0. The van der Waals surface area contributed by atoms with Crippen molar-refractivity contribution in [2.24, 2.45) is 0 Å². The molecule has 0 aromatic heterocycles. The summed E-state index contributed by atoms with van der Waals surface area (Å²) in [7, 11) is -0.228. The van der Waals surface area contributed by atoms with Gasteiger partial charge < -0.3 is 4.90 Å². The molecule has 1 saturated carbocycles. The quantitative estimate of drug-likeness (QED) is 0.900. The molecule has 0 aliphatic heterocycles. The van der Waals surface area contributed by atoms with Gasteiger partial charge in [-0.15, -0.1) is 0 Å². The molecule has 0 bridgehead atoms. The van der Waals surface area contributed by atoms with Crippen molar-refractivity contribution in [2.75, 3.05) is 14.1 Å². The van der Waals surface area contributed by atoms with Crippen LogP contribution < -0.4 is 4.72 Å². The van der Waals surface area contributed by atoms with Crippen LogP contribution in [0.4, 0.5) is 0 Å². The Labute approximate surface area is 113 Å². The van der Waals surface area contributed by atoms with Crippen molar-refractivity contribution < 1.29 is 13.2 Å². The number of aryl methyl sites for hydroxylation is 1. The van der Waals surface area contributed by atoms with E-state index in [1.807, 2.05) is 0 Å². The van der Waals surface area contributed by atoms with Crippen LogP contribution in [0.3, 0.4) is 0 Å². The van der Waals surface area contributed by atoms with Gasteiger partial charge >= 0.3 is 0 Å². The molecule has 0 heterocycles. The summed E-state index contributed by atoms with van der Waals surface area (Å²) >= 11 is 0. The van der Waals surface area contributed by atoms with Gasteiger partial charge in [0.05, 0.1) is 4.90 Å². The molecule has 1 aromatic rings. The normalized spacial score (nSPS) is 15.3. The summed E-state index contributed by atoms with van der Waals surface area (Å²) in [4.78, 5) is 13.6. The third-order valence-corrected chi connectivity index (χ3v) is 4.57. The molecule has 1 aromatic carbocycles. The molecule has 0 spiro atoms. The number of amides is 1. The fraction of sp³-hybridized carbons (Fsp3) is 0.462. The van der Waals surface area contributed by atoms with Gasteiger partial charge in [-0.05, 0) is 37.5 Å². The van der Waals surface area contributed by atoms with Crippen LogP contribution >= 0.6 is 0 Å². The summed E-state index contributed by atoms with van der Waals surface area (Å²) in [5, 5.41) is 0. The molecule has 6 heteroatoms. The molecule has 0 atom stereocenters. The zero-order chi connectivity index (χ0) is 14.2. The number of carbonyl (C=O) groups excluding carboxylic acids is 1. The maximum Gasteiger partial charge on any atom is 0.253 e. The van der Waals surface area contributed by atoms with Gasteiger partial charge in [0, 0.05) is 25.7 Å². The van der Waals surface area contributed by atoms with Crippen LogP contribution in [-0.4, -0.2) is 39.4 Å². The predicted molar refractivity (Wildman–Crippen MR) is 72.5 cm³/mol. The maximum absolute atomic E-state index is 12.1. The summed E-state index contributed by atoms with van der Waals surface area (Å²) in [6.45, 7) is 1.79. The van der Waals surface area contributed by atoms with Crippen molar-refractivity contribution in [3.8, 4) is 0 Å². The topological polar surface area (TPSA) is 66.5 Å². The molecule has 2 rings (SSSR count). The minimum absolute atomic E-state index is 0.0549. The van der Waals surface area contributed by atoms with E-state index in [9.17, 15) is 13.2 Å². The van der Waals surface area contributed by atoms with Crippen molar-refractivity contribution in [3.63, 3.8) is 0 Å². The van der Waals surface area contributed by atoms with E-state index in [4.69, 9.17) is 0 Å². The van der Waals surface area contributed by atoms with E-state index in [-0.39, 0.29) is 16.8 Å². The molecular formula is C13H18N2O3S. The monoisotopic (exact) mass is 282 g/mol. The molecule has 1 aliphatic carbocycles. The highest BCUT2D eigenvalue weighted by Crippen LogP contribution is 2.23. The number of rotatable bonds is 4. The first-order valence-corrected chi connectivity index (χ1v) is 7.64. The van der Waals surface area contributed by atoms with Gasteiger partial charge in [-0.1, -0.05) is 6.07 Å². The van der Waals surface area contributed by atoms with Gasteiger partial charge in [0.15, 0.2) is 0 Å². The lowest BCUT2D eigenvalue weighted by Gasteiger charge is -2.14. The van der Waals surface area contributed by atoms with Gasteiger partial charge in [-0.2, -0.15) is 0 Å². The Morgan fingerprint density at radius 3 is 2.47 bits per heavy atom. The second-order valence-electron chi connectivity index (χ2n) is 5.07. The van der Waals surface area contributed by atoms with Crippen LogP contribution in [0.25, 0.3) is 0 Å². The summed E-state index contributed by atoms with van der Waals surface area (Å²) in [5.41, 5.74) is 1.19. The number of benzene rings is 1. The van der Waals surface area contributed by atoms with Gasteiger partial charge in [0.1, 0.15) is 0 Å². The van der Waals surface area contributed by atoms with E-state index in [2.05, 4.69) is 4.72 Å². The number of sulfonamides is 1. The second kappa shape index (κ2) is 4.94. The predicted octanol–water partition coefficient (Wildman–Crippen LogP) is 1.14. The van der Waals surface area contributed by atoms with Crippen molar-refractivity contribution in [2.45, 2.75) is 30.7 Å². The standard InChI is InChI=1S/C13H18N2O3S/c1-9-4-7-11(8-12(9)13(16)15(2)3)19(17,18)14-10-5-6-10/h4,7-8,10,14H,5-6H2,1-3H3. The maximum atomic E-state index is 12.1. The Kier molecular flexibility index (Phi) is 3.64. The molecule has 104 valence electrons. The molecule has 1 amide bonds. The van der Waals surface area contributed by atoms with Crippen LogP contribution in [0, 0.1) is 6.92 Å². The van der Waals surface area contributed by atoms with Crippen molar-refractivity contribution in [1.29, 1.82) is 0 Å². The molecule has 0 unspecified atom stereocenters. The summed E-state index contributed by atoms with van der Waals surface area (Å²) in [6, 6.07) is 4.70. The molecule has 5 nitrogen and oxygen atoms in total. The van der Waals surface area contributed by atoms with Crippen LogP contribution in [0.1, 0.15) is 28.8 Å². The number of hydrogen-bond acceptors (Lipinski definition) is 3. The molecule has 1 aliphatic rings. The minimum Gasteiger partial charge on any atom is -0.345 e. The molecular weight excluding hydrogens is 264 g/mol. The smallest absolute Gasteiger partial charge is 0.253 e. The largest absolute Gasteiger partial charge is 0.345 e. The Hall–Kier alpha value is -1.40. The molecule has 1 N–H and O–H groups in total. The average Bonchev–Trinajstić information content (AvgIpc) is 3.11. The number of nitrogens with zero attached hydrogens (tertiary/aromatic N) is 1. The van der Waals surface area contributed by atoms with Crippen LogP contribution in [0.5, 0.6) is 0 Å². The number of nitrogens with one attached hydrogen (secondary N) is 1. The van der Waals surface area contributed by atoms with E-state index < -0.39 is 10.0 Å². The highest BCUT2D eigenvalue weighted by molar-refractivity contribution is 7.89. The third-order valence-electron chi connectivity index (χ3n) is 3.06. The first-order valence-electron chi connectivity index (χ1n) is 6.16. The minimum atomic E-state index is -3.52. The van der Waals surface area contributed by atoms with Gasteiger partial charge in [-0.25, -0.2) is 13.1 Å². The SMILES string of the molecule is Cc1ccc(S(=O)(=O)NC2CC2)cc1C(=O)N(C)C. The van der Waals surface area contributed by atoms with Gasteiger partial charge in [-0.3, -0.25) is 4.79 Å². The van der Waals surface area contributed by atoms with Crippen LogP contribution in [-0.2, 0) is 10.0 Å². The molecule has 0 saturated heterocycles. The zero-order valence-corrected chi connectivity index (χ0v) is 12.1. The zero-order valence-electron chi connectivity index (χ0n) is 11.3. The summed E-state index contributed by atoms with van der Waals surface area (Å²) in [6.07, 6.45) is 1.77. The van der Waals surface area contributed by atoms with E-state index in [1.165, 1.54) is 17.0 Å². The number of carbonyl (C=O) groups is 1. The van der Waals surface area contributed by atoms with Crippen molar-refractivity contribution in [1.82, 2.24) is 9.62 Å². The fourth-order valence-corrected chi connectivity index (χ4v) is 3.06. The molecule has 1 fully saturated rings. The Morgan fingerprint density at radius 2 is 1.95 bits per heavy atom. The second-order valence-corrected chi connectivity index (χ2v) is 6.79.